The quantitative estimate of drug-likeness (QED) is 0.810. The molecule has 1 N–H and O–H groups in total. The van der Waals surface area contributed by atoms with Gasteiger partial charge >= 0.3 is 0 Å². The van der Waals surface area contributed by atoms with Gasteiger partial charge in [-0.1, -0.05) is 36.9 Å². The van der Waals surface area contributed by atoms with E-state index in [1.807, 2.05) is 30.3 Å². The molecule has 3 rings (SSSR count). The fourth-order valence-corrected chi connectivity index (χ4v) is 3.61. The van der Waals surface area contributed by atoms with E-state index in [0.717, 1.165) is 5.56 Å². The molecule has 2 fully saturated rings. The van der Waals surface area contributed by atoms with Crippen LogP contribution in [0, 0.1) is 5.92 Å². The SMILES string of the molecule is C=CC(=O)N1CCC(C(=O)NC2CCN(Cc3ccccc3)C2=O)CC1. The lowest BCUT2D eigenvalue weighted by Crippen LogP contribution is -2.47. The number of carbonyl (C=O) groups excluding carboxylic acids is 3. The first kappa shape index (κ1) is 18.2. The van der Waals surface area contributed by atoms with Crippen LogP contribution in [0.4, 0.5) is 0 Å². The number of piperidine rings is 1. The van der Waals surface area contributed by atoms with Crippen LogP contribution in [0.3, 0.4) is 0 Å². The minimum absolute atomic E-state index is 0.0125. The van der Waals surface area contributed by atoms with Gasteiger partial charge in [0, 0.05) is 32.1 Å². The average Bonchev–Trinajstić information content (AvgIpc) is 3.01. The molecule has 6 heteroatoms. The number of amides is 3. The zero-order valence-electron chi connectivity index (χ0n) is 14.9. The molecule has 2 heterocycles. The molecule has 6 nitrogen and oxygen atoms in total. The Labute approximate surface area is 153 Å². The first-order valence-electron chi connectivity index (χ1n) is 9.13. The van der Waals surface area contributed by atoms with Crippen molar-refractivity contribution >= 4 is 17.7 Å². The van der Waals surface area contributed by atoms with Crippen LogP contribution in [0.5, 0.6) is 0 Å². The summed E-state index contributed by atoms with van der Waals surface area (Å²) in [4.78, 5) is 40.2. The summed E-state index contributed by atoms with van der Waals surface area (Å²) < 4.78 is 0. The van der Waals surface area contributed by atoms with Gasteiger partial charge < -0.3 is 15.1 Å². The number of carbonyl (C=O) groups is 3. The molecule has 26 heavy (non-hydrogen) atoms. The predicted molar refractivity (Wildman–Crippen MR) is 97.9 cm³/mol. The first-order chi connectivity index (χ1) is 12.6. The van der Waals surface area contributed by atoms with Crippen LogP contribution >= 0.6 is 0 Å². The third-order valence-corrected chi connectivity index (χ3v) is 5.18. The van der Waals surface area contributed by atoms with Crippen LogP contribution in [0.2, 0.25) is 0 Å². The Hall–Kier alpha value is -2.63. The highest BCUT2D eigenvalue weighted by Crippen LogP contribution is 2.20. The van der Waals surface area contributed by atoms with Crippen molar-refractivity contribution in [1.82, 2.24) is 15.1 Å². The van der Waals surface area contributed by atoms with E-state index in [0.29, 0.717) is 45.4 Å². The summed E-state index contributed by atoms with van der Waals surface area (Å²) in [5.41, 5.74) is 1.09. The van der Waals surface area contributed by atoms with E-state index in [-0.39, 0.29) is 23.6 Å². The lowest BCUT2D eigenvalue weighted by Gasteiger charge is -2.31. The van der Waals surface area contributed by atoms with E-state index in [1.54, 1.807) is 9.80 Å². The fourth-order valence-electron chi connectivity index (χ4n) is 3.61. The van der Waals surface area contributed by atoms with E-state index in [1.165, 1.54) is 6.08 Å². The molecule has 1 aromatic carbocycles. The molecule has 2 aliphatic heterocycles. The van der Waals surface area contributed by atoms with Gasteiger partial charge in [0.2, 0.25) is 17.7 Å². The van der Waals surface area contributed by atoms with Gasteiger partial charge in [-0.15, -0.1) is 0 Å². The summed E-state index contributed by atoms with van der Waals surface area (Å²) in [6.07, 6.45) is 3.20. The molecule has 3 amide bonds. The van der Waals surface area contributed by atoms with Crippen LogP contribution in [0.1, 0.15) is 24.8 Å². The molecule has 0 spiro atoms. The Balaban J connectivity index is 1.49. The molecule has 0 saturated carbocycles. The molecule has 1 atom stereocenters. The van der Waals surface area contributed by atoms with E-state index in [2.05, 4.69) is 11.9 Å². The van der Waals surface area contributed by atoms with Crippen molar-refractivity contribution in [1.29, 1.82) is 0 Å². The van der Waals surface area contributed by atoms with Crippen molar-refractivity contribution in [3.05, 3.63) is 48.6 Å². The normalized spacial score (nSPS) is 20.9. The van der Waals surface area contributed by atoms with Crippen molar-refractivity contribution in [2.24, 2.45) is 5.92 Å². The second-order valence-corrected chi connectivity index (χ2v) is 6.90. The molecular formula is C20H25N3O3. The zero-order chi connectivity index (χ0) is 18.5. The van der Waals surface area contributed by atoms with Crippen LogP contribution in [0.15, 0.2) is 43.0 Å². The van der Waals surface area contributed by atoms with E-state index < -0.39 is 6.04 Å². The van der Waals surface area contributed by atoms with Gasteiger partial charge in [0.1, 0.15) is 6.04 Å². The summed E-state index contributed by atoms with van der Waals surface area (Å²) in [6, 6.07) is 9.43. The lowest BCUT2D eigenvalue weighted by atomic mass is 9.95. The standard InChI is InChI=1S/C20H25N3O3/c1-2-18(24)22-11-8-16(9-12-22)19(25)21-17-10-13-23(20(17)26)14-15-6-4-3-5-7-15/h2-7,16-17H,1,8-14H2,(H,21,25). The Bertz CT molecular complexity index is 681. The van der Waals surface area contributed by atoms with Gasteiger partial charge in [-0.3, -0.25) is 14.4 Å². The molecule has 0 aliphatic carbocycles. The highest BCUT2D eigenvalue weighted by Gasteiger charge is 2.35. The molecule has 2 aliphatic rings. The third kappa shape index (κ3) is 4.12. The highest BCUT2D eigenvalue weighted by atomic mass is 16.2. The van der Waals surface area contributed by atoms with Gasteiger partial charge in [-0.25, -0.2) is 0 Å². The third-order valence-electron chi connectivity index (χ3n) is 5.18. The molecular weight excluding hydrogens is 330 g/mol. The number of hydrogen-bond donors (Lipinski definition) is 1. The smallest absolute Gasteiger partial charge is 0.245 e. The Kier molecular flexibility index (Phi) is 5.71. The van der Waals surface area contributed by atoms with Gasteiger partial charge in [0.05, 0.1) is 0 Å². The number of hydrogen-bond acceptors (Lipinski definition) is 3. The maximum atomic E-state index is 12.6. The average molecular weight is 355 g/mol. The van der Waals surface area contributed by atoms with Crippen LogP contribution in [-0.4, -0.2) is 53.2 Å². The van der Waals surface area contributed by atoms with Crippen molar-refractivity contribution in [3.63, 3.8) is 0 Å². The molecule has 0 aromatic heterocycles. The maximum absolute atomic E-state index is 12.6. The van der Waals surface area contributed by atoms with Gasteiger partial charge in [-0.05, 0) is 30.9 Å². The maximum Gasteiger partial charge on any atom is 0.245 e. The van der Waals surface area contributed by atoms with E-state index in [9.17, 15) is 14.4 Å². The monoisotopic (exact) mass is 355 g/mol. The topological polar surface area (TPSA) is 69.7 Å². The fraction of sp³-hybridized carbons (Fsp3) is 0.450. The Morgan fingerprint density at radius 3 is 2.46 bits per heavy atom. The molecule has 1 unspecified atom stereocenters. The molecule has 0 bridgehead atoms. The summed E-state index contributed by atoms with van der Waals surface area (Å²) in [7, 11) is 0. The second kappa shape index (κ2) is 8.17. The van der Waals surface area contributed by atoms with Crippen LogP contribution < -0.4 is 5.32 Å². The minimum atomic E-state index is -0.431. The first-order valence-corrected chi connectivity index (χ1v) is 9.13. The molecule has 1 aromatic rings. The molecule has 2 saturated heterocycles. The second-order valence-electron chi connectivity index (χ2n) is 6.90. The zero-order valence-corrected chi connectivity index (χ0v) is 14.9. The van der Waals surface area contributed by atoms with Crippen molar-refractivity contribution in [2.75, 3.05) is 19.6 Å². The number of likely N-dealkylation sites (tertiary alicyclic amines) is 2. The molecule has 0 radical (unpaired) electrons. The number of nitrogens with one attached hydrogen (secondary N) is 1. The summed E-state index contributed by atoms with van der Waals surface area (Å²) in [5, 5.41) is 2.92. The van der Waals surface area contributed by atoms with Crippen molar-refractivity contribution in [2.45, 2.75) is 31.8 Å². The summed E-state index contributed by atoms with van der Waals surface area (Å²) in [6.45, 7) is 5.84. The van der Waals surface area contributed by atoms with Gasteiger partial charge in [-0.2, -0.15) is 0 Å². The van der Waals surface area contributed by atoms with Crippen LogP contribution in [0.25, 0.3) is 0 Å². The number of nitrogens with zero attached hydrogens (tertiary/aromatic N) is 2. The number of benzene rings is 1. The highest BCUT2D eigenvalue weighted by molar-refractivity contribution is 5.90. The Morgan fingerprint density at radius 1 is 1.12 bits per heavy atom. The van der Waals surface area contributed by atoms with E-state index in [4.69, 9.17) is 0 Å². The summed E-state index contributed by atoms with van der Waals surface area (Å²) >= 11 is 0. The van der Waals surface area contributed by atoms with Crippen molar-refractivity contribution < 1.29 is 14.4 Å². The largest absolute Gasteiger partial charge is 0.344 e. The van der Waals surface area contributed by atoms with Gasteiger partial charge in [0.25, 0.3) is 0 Å². The van der Waals surface area contributed by atoms with Crippen molar-refractivity contribution in [3.8, 4) is 0 Å². The predicted octanol–water partition coefficient (Wildman–Crippen LogP) is 1.33. The lowest BCUT2D eigenvalue weighted by molar-refractivity contribution is -0.135. The Morgan fingerprint density at radius 2 is 1.81 bits per heavy atom. The van der Waals surface area contributed by atoms with E-state index >= 15 is 0 Å². The van der Waals surface area contributed by atoms with Crippen LogP contribution in [-0.2, 0) is 20.9 Å². The summed E-state index contributed by atoms with van der Waals surface area (Å²) in [5.74, 6) is -0.316. The molecule has 138 valence electrons. The van der Waals surface area contributed by atoms with Gasteiger partial charge in [0.15, 0.2) is 0 Å². The minimum Gasteiger partial charge on any atom is -0.344 e. The number of rotatable bonds is 5.